The van der Waals surface area contributed by atoms with Gasteiger partial charge in [-0.2, -0.15) is 0 Å². The lowest BCUT2D eigenvalue weighted by molar-refractivity contribution is 0.102. The van der Waals surface area contributed by atoms with Crippen LogP contribution in [-0.2, 0) is 6.42 Å². The minimum Gasteiger partial charge on any atom is -0.374 e. The van der Waals surface area contributed by atoms with Crippen molar-refractivity contribution < 1.29 is 9.59 Å². The molecule has 0 saturated carbocycles. The Bertz CT molecular complexity index is 692. The number of carbonyl (C=O) groups is 2. The molecule has 0 aliphatic carbocycles. The van der Waals surface area contributed by atoms with E-state index in [0.717, 1.165) is 24.9 Å². The van der Waals surface area contributed by atoms with Gasteiger partial charge in [0.15, 0.2) is 0 Å². The van der Waals surface area contributed by atoms with Gasteiger partial charge in [-0.15, -0.1) is 0 Å². The fraction of sp³-hybridized carbons (Fsp3) is 0.176. The summed E-state index contributed by atoms with van der Waals surface area (Å²) in [4.78, 5) is 25.0. The first-order chi connectivity index (χ1) is 10.2. The summed E-state index contributed by atoms with van der Waals surface area (Å²) in [6, 6.07) is 12.6. The molecule has 1 amide bonds. The highest BCUT2D eigenvalue weighted by molar-refractivity contribution is 6.04. The Morgan fingerprint density at radius 1 is 1.19 bits per heavy atom. The number of nitrogens with one attached hydrogen (secondary N) is 1. The van der Waals surface area contributed by atoms with Gasteiger partial charge in [0.1, 0.15) is 6.29 Å². The van der Waals surface area contributed by atoms with Crippen LogP contribution in [0.3, 0.4) is 0 Å². The van der Waals surface area contributed by atoms with Gasteiger partial charge < -0.3 is 10.2 Å². The third-order valence-corrected chi connectivity index (χ3v) is 3.77. The van der Waals surface area contributed by atoms with Crippen molar-refractivity contribution in [2.75, 3.05) is 23.8 Å². The van der Waals surface area contributed by atoms with Gasteiger partial charge in [-0.1, -0.05) is 12.1 Å². The van der Waals surface area contributed by atoms with E-state index in [4.69, 9.17) is 0 Å². The zero-order chi connectivity index (χ0) is 14.8. The molecule has 3 rings (SSSR count). The van der Waals surface area contributed by atoms with Crippen LogP contribution in [0.25, 0.3) is 0 Å². The number of aldehydes is 1. The number of hydrogen-bond acceptors (Lipinski definition) is 3. The maximum atomic E-state index is 12.2. The topological polar surface area (TPSA) is 49.4 Å². The van der Waals surface area contributed by atoms with E-state index in [0.29, 0.717) is 11.1 Å². The minimum absolute atomic E-state index is 0.168. The molecule has 1 N–H and O–H groups in total. The Labute approximate surface area is 123 Å². The summed E-state index contributed by atoms with van der Waals surface area (Å²) in [5.74, 6) is -0.168. The van der Waals surface area contributed by atoms with E-state index >= 15 is 0 Å². The summed E-state index contributed by atoms with van der Waals surface area (Å²) in [5, 5.41) is 2.89. The van der Waals surface area contributed by atoms with Crippen molar-refractivity contribution in [2.24, 2.45) is 0 Å². The van der Waals surface area contributed by atoms with Crippen molar-refractivity contribution in [3.8, 4) is 0 Å². The van der Waals surface area contributed by atoms with Crippen LogP contribution >= 0.6 is 0 Å². The molecule has 0 spiro atoms. The van der Waals surface area contributed by atoms with Crippen LogP contribution in [0.4, 0.5) is 11.4 Å². The van der Waals surface area contributed by atoms with Crippen molar-refractivity contribution in [1.29, 1.82) is 0 Å². The number of anilines is 2. The standard InChI is InChI=1S/C17H16N2O2/c1-19-9-8-14-10-15(6-7-16(14)19)18-17(21)13-4-2-12(11-20)3-5-13/h2-7,10-11H,8-9H2,1H3,(H,18,21). The van der Waals surface area contributed by atoms with Crippen LogP contribution in [-0.4, -0.2) is 25.8 Å². The molecule has 106 valence electrons. The fourth-order valence-corrected chi connectivity index (χ4v) is 2.56. The average Bonchev–Trinajstić information content (AvgIpc) is 2.88. The van der Waals surface area contributed by atoms with Gasteiger partial charge in [-0.05, 0) is 42.3 Å². The lowest BCUT2D eigenvalue weighted by atomic mass is 10.1. The fourth-order valence-electron chi connectivity index (χ4n) is 2.56. The predicted octanol–water partition coefficient (Wildman–Crippen LogP) is 2.74. The molecule has 0 radical (unpaired) electrons. The zero-order valence-electron chi connectivity index (χ0n) is 11.8. The van der Waals surface area contributed by atoms with Gasteiger partial charge in [0.2, 0.25) is 0 Å². The highest BCUT2D eigenvalue weighted by atomic mass is 16.1. The summed E-state index contributed by atoms with van der Waals surface area (Å²) < 4.78 is 0. The molecule has 1 heterocycles. The maximum Gasteiger partial charge on any atom is 0.255 e. The Kier molecular flexibility index (Phi) is 3.44. The summed E-state index contributed by atoms with van der Waals surface area (Å²) in [5.41, 5.74) is 4.38. The molecule has 1 aliphatic heterocycles. The Morgan fingerprint density at radius 2 is 1.95 bits per heavy atom. The second kappa shape index (κ2) is 5.40. The van der Waals surface area contributed by atoms with Crippen LogP contribution in [0.5, 0.6) is 0 Å². The molecule has 0 bridgehead atoms. The average molecular weight is 280 g/mol. The monoisotopic (exact) mass is 280 g/mol. The molecule has 0 atom stereocenters. The van der Waals surface area contributed by atoms with Gasteiger partial charge in [-0.25, -0.2) is 0 Å². The smallest absolute Gasteiger partial charge is 0.255 e. The van der Waals surface area contributed by atoms with E-state index in [2.05, 4.69) is 17.3 Å². The van der Waals surface area contributed by atoms with Crippen LogP contribution < -0.4 is 10.2 Å². The molecular formula is C17H16N2O2. The number of hydrogen-bond donors (Lipinski definition) is 1. The third-order valence-electron chi connectivity index (χ3n) is 3.77. The molecule has 2 aromatic rings. The molecule has 0 fully saturated rings. The molecule has 2 aromatic carbocycles. The summed E-state index contributed by atoms with van der Waals surface area (Å²) in [6.45, 7) is 1.01. The molecular weight excluding hydrogens is 264 g/mol. The molecule has 4 heteroatoms. The second-order valence-corrected chi connectivity index (χ2v) is 5.21. The summed E-state index contributed by atoms with van der Waals surface area (Å²) in [7, 11) is 2.07. The van der Waals surface area contributed by atoms with Gasteiger partial charge in [0, 0.05) is 36.1 Å². The van der Waals surface area contributed by atoms with Gasteiger partial charge in [0.05, 0.1) is 0 Å². The van der Waals surface area contributed by atoms with Crippen molar-refractivity contribution in [3.05, 3.63) is 59.2 Å². The largest absolute Gasteiger partial charge is 0.374 e. The van der Waals surface area contributed by atoms with E-state index in [1.54, 1.807) is 24.3 Å². The number of benzene rings is 2. The van der Waals surface area contributed by atoms with Crippen LogP contribution in [0, 0.1) is 0 Å². The molecule has 4 nitrogen and oxygen atoms in total. The molecule has 0 unspecified atom stereocenters. The SMILES string of the molecule is CN1CCc2cc(NC(=O)c3ccc(C=O)cc3)ccc21. The number of carbonyl (C=O) groups excluding carboxylic acids is 2. The Balaban J connectivity index is 1.76. The quantitative estimate of drug-likeness (QED) is 0.879. The van der Waals surface area contributed by atoms with Gasteiger partial charge in [-0.3, -0.25) is 9.59 Å². The first-order valence-corrected chi connectivity index (χ1v) is 6.88. The van der Waals surface area contributed by atoms with E-state index in [1.807, 2.05) is 18.2 Å². The maximum absolute atomic E-state index is 12.2. The number of amides is 1. The highest BCUT2D eigenvalue weighted by Crippen LogP contribution is 2.29. The first-order valence-electron chi connectivity index (χ1n) is 6.88. The van der Waals surface area contributed by atoms with Crippen molar-refractivity contribution in [3.63, 3.8) is 0 Å². The highest BCUT2D eigenvalue weighted by Gasteiger charge is 2.16. The second-order valence-electron chi connectivity index (χ2n) is 5.21. The minimum atomic E-state index is -0.168. The number of nitrogens with zero attached hydrogens (tertiary/aromatic N) is 1. The number of fused-ring (bicyclic) bond motifs is 1. The van der Waals surface area contributed by atoms with E-state index in [9.17, 15) is 9.59 Å². The molecule has 21 heavy (non-hydrogen) atoms. The van der Waals surface area contributed by atoms with Crippen LogP contribution in [0.2, 0.25) is 0 Å². The van der Waals surface area contributed by atoms with Crippen LogP contribution in [0.15, 0.2) is 42.5 Å². The summed E-state index contributed by atoms with van der Waals surface area (Å²) >= 11 is 0. The molecule has 0 saturated heterocycles. The summed E-state index contributed by atoms with van der Waals surface area (Å²) in [6.07, 6.45) is 1.77. The normalized spacial score (nSPS) is 12.9. The van der Waals surface area contributed by atoms with E-state index < -0.39 is 0 Å². The third kappa shape index (κ3) is 2.65. The Hall–Kier alpha value is -2.62. The number of rotatable bonds is 3. The number of likely N-dealkylation sites (N-methyl/N-ethyl adjacent to an activating group) is 1. The van der Waals surface area contributed by atoms with Crippen molar-refractivity contribution in [2.45, 2.75) is 6.42 Å². The lowest BCUT2D eigenvalue weighted by Crippen LogP contribution is -2.13. The Morgan fingerprint density at radius 3 is 2.67 bits per heavy atom. The van der Waals surface area contributed by atoms with E-state index in [-0.39, 0.29) is 5.91 Å². The molecule has 0 aromatic heterocycles. The van der Waals surface area contributed by atoms with Crippen molar-refractivity contribution >= 4 is 23.6 Å². The zero-order valence-corrected chi connectivity index (χ0v) is 11.8. The first kappa shape index (κ1) is 13.4. The molecule has 1 aliphatic rings. The van der Waals surface area contributed by atoms with Crippen molar-refractivity contribution in [1.82, 2.24) is 0 Å². The van der Waals surface area contributed by atoms with Gasteiger partial charge >= 0.3 is 0 Å². The van der Waals surface area contributed by atoms with Gasteiger partial charge in [0.25, 0.3) is 5.91 Å². The van der Waals surface area contributed by atoms with Crippen LogP contribution in [0.1, 0.15) is 26.3 Å². The van der Waals surface area contributed by atoms with E-state index in [1.165, 1.54) is 11.3 Å². The predicted molar refractivity (Wildman–Crippen MR) is 83.2 cm³/mol. The lowest BCUT2D eigenvalue weighted by Gasteiger charge is -2.12.